The van der Waals surface area contributed by atoms with Crippen molar-refractivity contribution < 1.29 is 41.0 Å². The van der Waals surface area contributed by atoms with E-state index in [1.165, 1.54) is 19.1 Å². The van der Waals surface area contributed by atoms with Crippen LogP contribution in [-0.4, -0.2) is 35.6 Å². The molecule has 10 heteroatoms. The second-order valence-corrected chi connectivity index (χ2v) is 4.65. The minimum atomic E-state index is -5.75. The van der Waals surface area contributed by atoms with Gasteiger partial charge >= 0.3 is 18.3 Å². The predicted octanol–water partition coefficient (Wildman–Crippen LogP) is 3.12. The molecule has 0 amide bonds. The molecule has 1 rings (SSSR count). The summed E-state index contributed by atoms with van der Waals surface area (Å²) in [4.78, 5) is 10.6. The Morgan fingerprint density at radius 2 is 1.74 bits per heavy atom. The first kappa shape index (κ1) is 19.1. The molecule has 4 nitrogen and oxygen atoms in total. The van der Waals surface area contributed by atoms with Crippen molar-refractivity contribution in [3.8, 4) is 5.75 Å². The van der Waals surface area contributed by atoms with Gasteiger partial charge in [0.2, 0.25) is 0 Å². The van der Waals surface area contributed by atoms with Gasteiger partial charge < -0.3 is 15.2 Å². The Hall–Kier alpha value is -1.97. The third-order valence-electron chi connectivity index (χ3n) is 2.74. The molecule has 0 heterocycles. The van der Waals surface area contributed by atoms with E-state index < -0.39 is 36.2 Å². The number of rotatable bonds is 7. The molecular weight excluding hydrogens is 332 g/mol. The maximum atomic E-state index is 13.0. The lowest BCUT2D eigenvalue weighted by atomic mass is 10.2. The van der Waals surface area contributed by atoms with Crippen LogP contribution < -0.4 is 10.1 Å². The lowest BCUT2D eigenvalue weighted by molar-refractivity contribution is -0.304. The Morgan fingerprint density at radius 3 is 2.17 bits per heavy atom. The Balaban J connectivity index is 2.68. The summed E-state index contributed by atoms with van der Waals surface area (Å²) in [6.45, 7) is 1.47. The van der Waals surface area contributed by atoms with Crippen molar-refractivity contribution in [1.82, 2.24) is 5.32 Å². The molecule has 0 aliphatic rings. The Bertz CT molecular complexity index is 532. The smallest absolute Gasteiger partial charge is 0.439 e. The molecule has 0 fully saturated rings. The van der Waals surface area contributed by atoms with E-state index in [1.807, 2.05) is 0 Å². The van der Waals surface area contributed by atoms with Gasteiger partial charge in [-0.2, -0.15) is 22.0 Å². The molecular formula is C13H13F6NO3. The van der Waals surface area contributed by atoms with Gasteiger partial charge in [-0.1, -0.05) is 12.1 Å². The molecule has 1 unspecified atom stereocenters. The number of halogens is 6. The first-order valence-corrected chi connectivity index (χ1v) is 6.26. The highest BCUT2D eigenvalue weighted by Gasteiger charge is 2.59. The SMILES string of the molecule is C[C@@H](NCc1ccc(OC(F)(F)C(F)C(F)(F)F)cc1)C(=O)O. The van der Waals surface area contributed by atoms with Crippen molar-refractivity contribution in [2.45, 2.75) is 38.0 Å². The number of ether oxygens (including phenoxy) is 1. The maximum absolute atomic E-state index is 13.0. The molecule has 0 saturated carbocycles. The molecule has 23 heavy (non-hydrogen) atoms. The quantitative estimate of drug-likeness (QED) is 0.746. The van der Waals surface area contributed by atoms with Gasteiger partial charge in [-0.15, -0.1) is 0 Å². The molecule has 0 aliphatic heterocycles. The average Bonchev–Trinajstić information content (AvgIpc) is 2.43. The maximum Gasteiger partial charge on any atom is 0.439 e. The second-order valence-electron chi connectivity index (χ2n) is 4.65. The fraction of sp³-hybridized carbons (Fsp3) is 0.462. The molecule has 0 aromatic heterocycles. The highest BCUT2D eigenvalue weighted by molar-refractivity contribution is 5.72. The van der Waals surface area contributed by atoms with E-state index in [0.717, 1.165) is 12.1 Å². The van der Waals surface area contributed by atoms with Crippen molar-refractivity contribution in [1.29, 1.82) is 0 Å². The molecule has 1 aromatic carbocycles. The van der Waals surface area contributed by atoms with Crippen molar-refractivity contribution in [3.63, 3.8) is 0 Å². The molecule has 130 valence electrons. The molecule has 2 N–H and O–H groups in total. The molecule has 0 spiro atoms. The van der Waals surface area contributed by atoms with Crippen molar-refractivity contribution in [2.24, 2.45) is 0 Å². The standard InChI is InChI=1S/C13H13F6NO3/c1-7(10(21)22)20-6-8-2-4-9(5-3-8)23-13(18,19)11(14)12(15,16)17/h2-5,7,11,20H,6H2,1H3,(H,21,22)/t7-,11?/m1/s1. The normalized spacial score (nSPS) is 15.1. The van der Waals surface area contributed by atoms with Crippen LogP contribution in [0.4, 0.5) is 26.3 Å². The van der Waals surface area contributed by atoms with Crippen LogP contribution in [0, 0.1) is 0 Å². The molecule has 0 radical (unpaired) electrons. The van der Waals surface area contributed by atoms with Crippen molar-refractivity contribution in [2.75, 3.05) is 0 Å². The van der Waals surface area contributed by atoms with Gasteiger partial charge in [-0.25, -0.2) is 4.39 Å². The Labute approximate surface area is 127 Å². The third kappa shape index (κ3) is 5.62. The zero-order chi connectivity index (χ0) is 17.8. The zero-order valence-corrected chi connectivity index (χ0v) is 11.7. The summed E-state index contributed by atoms with van der Waals surface area (Å²) in [6.07, 6.45) is -15.3. The number of aliphatic carboxylic acids is 1. The highest BCUT2D eigenvalue weighted by Crippen LogP contribution is 2.36. The lowest BCUT2D eigenvalue weighted by Crippen LogP contribution is -2.45. The van der Waals surface area contributed by atoms with Gasteiger partial charge in [0, 0.05) is 6.54 Å². The Kier molecular flexibility index (Phi) is 5.86. The predicted molar refractivity (Wildman–Crippen MR) is 66.9 cm³/mol. The monoisotopic (exact) mass is 345 g/mol. The third-order valence-corrected chi connectivity index (χ3v) is 2.74. The van der Waals surface area contributed by atoms with Gasteiger partial charge in [-0.3, -0.25) is 4.79 Å². The number of hydrogen-bond acceptors (Lipinski definition) is 3. The summed E-state index contributed by atoms with van der Waals surface area (Å²) >= 11 is 0. The molecule has 2 atom stereocenters. The van der Waals surface area contributed by atoms with Gasteiger partial charge in [0.05, 0.1) is 0 Å². The van der Waals surface area contributed by atoms with Gasteiger partial charge in [0.15, 0.2) is 0 Å². The minimum Gasteiger partial charge on any atom is -0.480 e. The fourth-order valence-corrected chi connectivity index (χ4v) is 1.43. The van der Waals surface area contributed by atoms with E-state index in [0.29, 0.717) is 5.56 Å². The van der Waals surface area contributed by atoms with E-state index in [2.05, 4.69) is 10.1 Å². The van der Waals surface area contributed by atoms with Gasteiger partial charge in [0.25, 0.3) is 6.17 Å². The molecule has 0 bridgehead atoms. The summed E-state index contributed by atoms with van der Waals surface area (Å²) in [5, 5.41) is 11.3. The van der Waals surface area contributed by atoms with Gasteiger partial charge in [-0.05, 0) is 24.6 Å². The highest BCUT2D eigenvalue weighted by atomic mass is 19.4. The van der Waals surface area contributed by atoms with Crippen molar-refractivity contribution in [3.05, 3.63) is 29.8 Å². The van der Waals surface area contributed by atoms with E-state index in [4.69, 9.17) is 5.11 Å². The Morgan fingerprint density at radius 1 is 1.22 bits per heavy atom. The first-order chi connectivity index (χ1) is 10.4. The van der Waals surface area contributed by atoms with E-state index in [9.17, 15) is 31.1 Å². The summed E-state index contributed by atoms with van der Waals surface area (Å²) in [5.41, 5.74) is 0.474. The summed E-state index contributed by atoms with van der Waals surface area (Å²) < 4.78 is 78.4. The van der Waals surface area contributed by atoms with Crippen LogP contribution in [0.3, 0.4) is 0 Å². The van der Waals surface area contributed by atoms with Gasteiger partial charge in [0.1, 0.15) is 11.8 Å². The number of carboxylic acids is 1. The topological polar surface area (TPSA) is 58.6 Å². The lowest BCUT2D eigenvalue weighted by Gasteiger charge is -2.23. The summed E-state index contributed by atoms with van der Waals surface area (Å²) in [6, 6.07) is 3.47. The number of carboxylic acid groups (broad SMARTS) is 1. The minimum absolute atomic E-state index is 0.0818. The van der Waals surface area contributed by atoms with Crippen molar-refractivity contribution >= 4 is 5.97 Å². The van der Waals surface area contributed by atoms with E-state index in [-0.39, 0.29) is 6.54 Å². The largest absolute Gasteiger partial charge is 0.480 e. The number of hydrogen-bond donors (Lipinski definition) is 2. The van der Waals surface area contributed by atoms with E-state index >= 15 is 0 Å². The molecule has 0 aliphatic carbocycles. The summed E-state index contributed by atoms with van der Waals surface area (Å²) in [7, 11) is 0. The summed E-state index contributed by atoms with van der Waals surface area (Å²) in [5.74, 6) is -1.75. The molecule has 1 aromatic rings. The molecule has 0 saturated heterocycles. The second kappa shape index (κ2) is 7.07. The zero-order valence-electron chi connectivity index (χ0n) is 11.7. The number of benzene rings is 1. The van der Waals surface area contributed by atoms with Crippen LogP contribution in [0.1, 0.15) is 12.5 Å². The van der Waals surface area contributed by atoms with Crippen LogP contribution >= 0.6 is 0 Å². The van der Waals surface area contributed by atoms with Crippen LogP contribution in [0.15, 0.2) is 24.3 Å². The number of nitrogens with one attached hydrogen (secondary N) is 1. The fourth-order valence-electron chi connectivity index (χ4n) is 1.43. The van der Waals surface area contributed by atoms with Crippen LogP contribution in [-0.2, 0) is 11.3 Å². The number of alkyl halides is 6. The van der Waals surface area contributed by atoms with Crippen LogP contribution in [0.5, 0.6) is 5.75 Å². The number of carbonyl (C=O) groups is 1. The average molecular weight is 345 g/mol. The van der Waals surface area contributed by atoms with Crippen LogP contribution in [0.2, 0.25) is 0 Å². The van der Waals surface area contributed by atoms with Crippen LogP contribution in [0.25, 0.3) is 0 Å². The van der Waals surface area contributed by atoms with E-state index in [1.54, 1.807) is 0 Å². The first-order valence-electron chi connectivity index (χ1n) is 6.26.